The third kappa shape index (κ3) is 3.34. The minimum Gasteiger partial charge on any atom is -0.497 e. The van der Waals surface area contributed by atoms with Crippen LogP contribution in [0.2, 0.25) is 0 Å². The smallest absolute Gasteiger partial charge is 0.277 e. The predicted molar refractivity (Wildman–Crippen MR) is 82.3 cm³/mol. The largest absolute Gasteiger partial charge is 0.497 e. The van der Waals surface area contributed by atoms with E-state index in [2.05, 4.69) is 20.2 Å². The van der Waals surface area contributed by atoms with Crippen molar-refractivity contribution in [1.29, 1.82) is 0 Å². The Labute approximate surface area is 130 Å². The second kappa shape index (κ2) is 6.44. The van der Waals surface area contributed by atoms with Crippen LogP contribution in [0.5, 0.6) is 5.75 Å². The van der Waals surface area contributed by atoms with Gasteiger partial charge in [0.1, 0.15) is 5.75 Å². The molecular formula is C14H13N5O2S. The molecule has 0 saturated heterocycles. The molecule has 112 valence electrons. The van der Waals surface area contributed by atoms with E-state index in [9.17, 15) is 0 Å². The molecule has 8 heteroatoms. The summed E-state index contributed by atoms with van der Waals surface area (Å²) in [6, 6.07) is 7.83. The quantitative estimate of drug-likeness (QED) is 0.716. The van der Waals surface area contributed by atoms with Crippen LogP contribution in [0, 0.1) is 0 Å². The highest BCUT2D eigenvalue weighted by molar-refractivity contribution is 7.98. The van der Waals surface area contributed by atoms with Crippen LogP contribution in [0.3, 0.4) is 0 Å². The van der Waals surface area contributed by atoms with Crippen LogP contribution < -0.4 is 10.5 Å². The lowest BCUT2D eigenvalue weighted by Crippen LogP contribution is -1.93. The predicted octanol–water partition coefficient (Wildman–Crippen LogP) is 2.41. The number of nitrogens with zero attached hydrogens (tertiary/aromatic N) is 4. The molecule has 0 aliphatic heterocycles. The van der Waals surface area contributed by atoms with Crippen molar-refractivity contribution < 1.29 is 9.15 Å². The number of anilines is 1. The first-order valence-corrected chi connectivity index (χ1v) is 7.40. The summed E-state index contributed by atoms with van der Waals surface area (Å²) in [6.07, 6.45) is 3.10. The number of thioether (sulfide) groups is 1. The van der Waals surface area contributed by atoms with Gasteiger partial charge in [-0.15, -0.1) is 10.2 Å². The normalized spacial score (nSPS) is 10.6. The lowest BCUT2D eigenvalue weighted by Gasteiger charge is -2.01. The maximum absolute atomic E-state index is 5.57. The van der Waals surface area contributed by atoms with E-state index < -0.39 is 0 Å². The zero-order valence-electron chi connectivity index (χ0n) is 11.8. The van der Waals surface area contributed by atoms with E-state index in [1.54, 1.807) is 19.5 Å². The van der Waals surface area contributed by atoms with Gasteiger partial charge in [-0.25, -0.2) is 9.97 Å². The zero-order chi connectivity index (χ0) is 15.4. The van der Waals surface area contributed by atoms with Crippen molar-refractivity contribution in [2.75, 3.05) is 12.8 Å². The standard InChI is InChI=1S/C14H13N5O2S/c1-20-11-4-2-9(3-5-11)8-22-14-19-18-12(21-14)10-6-16-13(15)17-7-10/h2-7H,8H2,1H3,(H2,15,16,17). The van der Waals surface area contributed by atoms with E-state index in [0.717, 1.165) is 17.1 Å². The van der Waals surface area contributed by atoms with Crippen LogP contribution >= 0.6 is 11.8 Å². The summed E-state index contributed by atoms with van der Waals surface area (Å²) in [6.45, 7) is 0. The first kappa shape index (κ1) is 14.3. The maximum atomic E-state index is 5.57. The van der Waals surface area contributed by atoms with Crippen LogP contribution in [0.1, 0.15) is 5.56 Å². The highest BCUT2D eigenvalue weighted by Gasteiger charge is 2.10. The van der Waals surface area contributed by atoms with Crippen molar-refractivity contribution in [2.24, 2.45) is 0 Å². The van der Waals surface area contributed by atoms with E-state index in [0.29, 0.717) is 16.7 Å². The fraction of sp³-hybridized carbons (Fsp3) is 0.143. The number of benzene rings is 1. The monoisotopic (exact) mass is 315 g/mol. The second-order valence-electron chi connectivity index (χ2n) is 4.34. The SMILES string of the molecule is COc1ccc(CSc2nnc(-c3cnc(N)nc3)o2)cc1. The average molecular weight is 315 g/mol. The molecule has 7 nitrogen and oxygen atoms in total. The Balaban J connectivity index is 1.65. The number of rotatable bonds is 5. The molecule has 2 heterocycles. The fourth-order valence-corrected chi connectivity index (χ4v) is 2.42. The molecule has 22 heavy (non-hydrogen) atoms. The minimum absolute atomic E-state index is 0.206. The third-order valence-corrected chi connectivity index (χ3v) is 3.74. The highest BCUT2D eigenvalue weighted by atomic mass is 32.2. The number of nitrogen functional groups attached to an aromatic ring is 1. The number of ether oxygens (including phenoxy) is 1. The van der Waals surface area contributed by atoms with Crippen molar-refractivity contribution in [1.82, 2.24) is 20.2 Å². The van der Waals surface area contributed by atoms with Crippen LogP contribution in [-0.4, -0.2) is 27.3 Å². The Hall–Kier alpha value is -2.61. The van der Waals surface area contributed by atoms with Gasteiger partial charge in [-0.05, 0) is 17.7 Å². The second-order valence-corrected chi connectivity index (χ2v) is 5.27. The van der Waals surface area contributed by atoms with Gasteiger partial charge in [0.15, 0.2) is 0 Å². The van der Waals surface area contributed by atoms with E-state index >= 15 is 0 Å². The Kier molecular flexibility index (Phi) is 4.19. The number of hydrogen-bond acceptors (Lipinski definition) is 8. The van der Waals surface area contributed by atoms with E-state index in [1.807, 2.05) is 24.3 Å². The molecule has 0 atom stereocenters. The number of nitrogens with two attached hydrogens (primary N) is 1. The zero-order valence-corrected chi connectivity index (χ0v) is 12.6. The van der Waals surface area contributed by atoms with E-state index in [-0.39, 0.29) is 5.95 Å². The molecule has 0 aliphatic carbocycles. The first-order valence-electron chi connectivity index (χ1n) is 6.42. The summed E-state index contributed by atoms with van der Waals surface area (Å²) in [4.78, 5) is 7.79. The molecule has 0 fully saturated rings. The molecule has 0 saturated carbocycles. The molecule has 2 N–H and O–H groups in total. The molecule has 1 aromatic carbocycles. The molecule has 3 aromatic rings. The van der Waals surface area contributed by atoms with Gasteiger partial charge >= 0.3 is 0 Å². The number of methoxy groups -OCH3 is 1. The van der Waals surface area contributed by atoms with Crippen molar-refractivity contribution in [3.63, 3.8) is 0 Å². The fourth-order valence-electron chi connectivity index (χ4n) is 1.70. The molecule has 0 spiro atoms. The van der Waals surface area contributed by atoms with Gasteiger partial charge in [0.2, 0.25) is 5.95 Å². The van der Waals surface area contributed by atoms with Gasteiger partial charge in [-0.1, -0.05) is 23.9 Å². The molecule has 0 amide bonds. The van der Waals surface area contributed by atoms with Crippen molar-refractivity contribution >= 4 is 17.7 Å². The minimum atomic E-state index is 0.206. The summed E-state index contributed by atoms with van der Waals surface area (Å²) >= 11 is 1.46. The third-order valence-electron chi connectivity index (χ3n) is 2.85. The van der Waals surface area contributed by atoms with Crippen LogP contribution in [0.25, 0.3) is 11.5 Å². The van der Waals surface area contributed by atoms with Crippen molar-refractivity contribution in [3.05, 3.63) is 42.2 Å². The van der Waals surface area contributed by atoms with E-state index in [4.69, 9.17) is 14.9 Å². The van der Waals surface area contributed by atoms with Gasteiger partial charge in [-0.2, -0.15) is 0 Å². The topological polar surface area (TPSA) is 100.0 Å². The summed E-state index contributed by atoms with van der Waals surface area (Å²) in [5.74, 6) is 2.14. The molecule has 0 unspecified atom stereocenters. The van der Waals surface area contributed by atoms with Gasteiger partial charge < -0.3 is 14.9 Å². The van der Waals surface area contributed by atoms with Crippen LogP contribution in [-0.2, 0) is 5.75 Å². The summed E-state index contributed by atoms with van der Waals surface area (Å²) in [5.41, 5.74) is 7.22. The number of hydrogen-bond donors (Lipinski definition) is 1. The van der Waals surface area contributed by atoms with Gasteiger partial charge in [-0.3, -0.25) is 0 Å². The Bertz CT molecular complexity index is 743. The molecule has 2 aromatic heterocycles. The van der Waals surface area contributed by atoms with E-state index in [1.165, 1.54) is 11.8 Å². The summed E-state index contributed by atoms with van der Waals surface area (Å²) in [5, 5.41) is 8.46. The Morgan fingerprint density at radius 3 is 2.55 bits per heavy atom. The van der Waals surface area contributed by atoms with Crippen molar-refractivity contribution in [2.45, 2.75) is 11.0 Å². The molecule has 0 bridgehead atoms. The van der Waals surface area contributed by atoms with Crippen molar-refractivity contribution in [3.8, 4) is 17.2 Å². The molecule has 0 radical (unpaired) electrons. The van der Waals surface area contributed by atoms with Crippen LogP contribution in [0.4, 0.5) is 5.95 Å². The lowest BCUT2D eigenvalue weighted by molar-refractivity contribution is 0.414. The summed E-state index contributed by atoms with van der Waals surface area (Å²) in [7, 11) is 1.64. The number of aromatic nitrogens is 4. The maximum Gasteiger partial charge on any atom is 0.277 e. The summed E-state index contributed by atoms with van der Waals surface area (Å²) < 4.78 is 10.7. The first-order chi connectivity index (χ1) is 10.7. The molecule has 3 rings (SSSR count). The Morgan fingerprint density at radius 1 is 1.14 bits per heavy atom. The van der Waals surface area contributed by atoms with Gasteiger partial charge in [0.05, 0.1) is 12.7 Å². The average Bonchev–Trinajstić information content (AvgIpc) is 3.03. The van der Waals surface area contributed by atoms with Gasteiger partial charge in [0, 0.05) is 18.1 Å². The lowest BCUT2D eigenvalue weighted by atomic mass is 10.2. The van der Waals surface area contributed by atoms with Crippen LogP contribution in [0.15, 0.2) is 46.3 Å². The van der Waals surface area contributed by atoms with Gasteiger partial charge in [0.25, 0.3) is 11.1 Å². The Morgan fingerprint density at radius 2 is 1.86 bits per heavy atom. The highest BCUT2D eigenvalue weighted by Crippen LogP contribution is 2.25. The molecular weight excluding hydrogens is 302 g/mol. The molecule has 0 aliphatic rings.